The van der Waals surface area contributed by atoms with E-state index in [0.29, 0.717) is 18.0 Å². The van der Waals surface area contributed by atoms with Crippen LogP contribution < -0.4 is 19.7 Å². The van der Waals surface area contributed by atoms with Crippen molar-refractivity contribution in [3.05, 3.63) is 89.5 Å². The van der Waals surface area contributed by atoms with E-state index in [2.05, 4.69) is 94.5 Å². The smallest absolute Gasteiger partial charge is 0.282 e. The molecule has 0 bridgehead atoms. The van der Waals surface area contributed by atoms with Crippen molar-refractivity contribution >= 4 is 50.3 Å². The molecule has 2 aliphatic heterocycles. The molecule has 7 nitrogen and oxygen atoms in total. The summed E-state index contributed by atoms with van der Waals surface area (Å²) in [6.07, 6.45) is 5.18. The number of hydrogen-bond acceptors (Lipinski definition) is 6. The molecule has 0 saturated carbocycles. The van der Waals surface area contributed by atoms with Crippen LogP contribution in [0.15, 0.2) is 93.7 Å². The van der Waals surface area contributed by atoms with Crippen LogP contribution in [0.3, 0.4) is 0 Å². The Balaban J connectivity index is 1.42. The summed E-state index contributed by atoms with van der Waals surface area (Å²) in [5.41, 5.74) is 4.38. The number of pyridine rings is 1. The molecule has 218 valence electrons. The van der Waals surface area contributed by atoms with Crippen LogP contribution in [0, 0.1) is 0 Å². The van der Waals surface area contributed by atoms with E-state index in [4.69, 9.17) is 0 Å². The first-order chi connectivity index (χ1) is 20.4. The quantitative estimate of drug-likeness (QED) is 0.270. The SMILES string of the molecule is CNCCN(C)c1cc(/C=C2\Sc3cc(S(=O)(=O)N4CCCCC4)ccc3N2C)c2ccccc2[n+]1-c1ccccc1. The predicted molar refractivity (Wildman–Crippen MR) is 174 cm³/mol. The lowest BCUT2D eigenvalue weighted by molar-refractivity contribution is -0.553. The molecule has 0 atom stereocenters. The molecule has 0 aliphatic carbocycles. The van der Waals surface area contributed by atoms with Crippen LogP contribution in [0.4, 0.5) is 11.5 Å². The Kier molecular flexibility index (Phi) is 8.27. The molecule has 0 amide bonds. The van der Waals surface area contributed by atoms with E-state index >= 15 is 0 Å². The zero-order chi connectivity index (χ0) is 29.3. The third-order valence-corrected chi connectivity index (χ3v) is 11.2. The van der Waals surface area contributed by atoms with Gasteiger partial charge in [0, 0.05) is 43.0 Å². The Labute approximate surface area is 253 Å². The lowest BCUT2D eigenvalue weighted by atomic mass is 10.1. The van der Waals surface area contributed by atoms with Gasteiger partial charge in [0.1, 0.15) is 11.2 Å². The number of piperidine rings is 1. The number of benzene rings is 3. The highest BCUT2D eigenvalue weighted by Crippen LogP contribution is 2.47. The first-order valence-corrected chi connectivity index (χ1v) is 16.8. The zero-order valence-corrected chi connectivity index (χ0v) is 26.1. The Bertz CT molecular complexity index is 1730. The van der Waals surface area contributed by atoms with Gasteiger partial charge < -0.3 is 10.2 Å². The molecule has 1 aromatic heterocycles. The number of sulfonamides is 1. The molecule has 0 radical (unpaired) electrons. The number of para-hydroxylation sites is 2. The van der Waals surface area contributed by atoms with E-state index in [1.165, 1.54) is 0 Å². The van der Waals surface area contributed by atoms with E-state index in [1.807, 2.05) is 25.2 Å². The molecule has 3 heterocycles. The molecule has 1 N–H and O–H groups in total. The minimum atomic E-state index is -3.49. The fraction of sp³-hybridized carbons (Fsp3) is 0.303. The predicted octanol–water partition coefficient (Wildman–Crippen LogP) is 5.49. The summed E-state index contributed by atoms with van der Waals surface area (Å²) in [6.45, 7) is 2.93. The van der Waals surface area contributed by atoms with Crippen molar-refractivity contribution < 1.29 is 13.0 Å². The molecule has 2 aliphatic rings. The van der Waals surface area contributed by atoms with Gasteiger partial charge in [0.2, 0.25) is 10.0 Å². The van der Waals surface area contributed by atoms with Crippen LogP contribution in [-0.4, -0.2) is 60.0 Å². The highest BCUT2D eigenvalue weighted by Gasteiger charge is 2.30. The minimum absolute atomic E-state index is 0.382. The molecule has 0 unspecified atom stereocenters. The number of fused-ring (bicyclic) bond motifs is 2. The van der Waals surface area contributed by atoms with Crippen LogP contribution in [0.5, 0.6) is 0 Å². The molecule has 9 heteroatoms. The molecule has 1 saturated heterocycles. The summed E-state index contributed by atoms with van der Waals surface area (Å²) >= 11 is 1.63. The van der Waals surface area contributed by atoms with Crippen molar-refractivity contribution in [1.29, 1.82) is 0 Å². The highest BCUT2D eigenvalue weighted by molar-refractivity contribution is 8.04. The summed E-state index contributed by atoms with van der Waals surface area (Å²) in [7, 11) is 2.67. The van der Waals surface area contributed by atoms with E-state index < -0.39 is 10.0 Å². The van der Waals surface area contributed by atoms with Gasteiger partial charge in [0.25, 0.3) is 5.82 Å². The highest BCUT2D eigenvalue weighted by atomic mass is 32.2. The molecule has 3 aromatic carbocycles. The third kappa shape index (κ3) is 5.42. The second-order valence-corrected chi connectivity index (χ2v) is 13.9. The van der Waals surface area contributed by atoms with Gasteiger partial charge in [-0.2, -0.15) is 8.87 Å². The van der Waals surface area contributed by atoms with Gasteiger partial charge in [-0.1, -0.05) is 54.6 Å². The van der Waals surface area contributed by atoms with Gasteiger partial charge in [-0.3, -0.25) is 4.90 Å². The van der Waals surface area contributed by atoms with E-state index in [0.717, 1.165) is 75.9 Å². The third-order valence-electron chi connectivity index (χ3n) is 8.14. The number of nitrogens with zero attached hydrogens (tertiary/aromatic N) is 4. The van der Waals surface area contributed by atoms with Crippen LogP contribution in [-0.2, 0) is 10.0 Å². The summed E-state index contributed by atoms with van der Waals surface area (Å²) in [5.74, 6) is 1.10. The summed E-state index contributed by atoms with van der Waals surface area (Å²) in [6, 6.07) is 26.8. The molecular formula is C33H38N5O2S2+. The van der Waals surface area contributed by atoms with E-state index in [9.17, 15) is 8.42 Å². The number of anilines is 2. The molecule has 1 fully saturated rings. The normalized spacial score (nSPS) is 16.7. The molecule has 42 heavy (non-hydrogen) atoms. The number of likely N-dealkylation sites (N-methyl/N-ethyl adjacent to an activating group) is 2. The topological polar surface area (TPSA) is 59.8 Å². The lowest BCUT2D eigenvalue weighted by Crippen LogP contribution is -2.41. The Morgan fingerprint density at radius 1 is 0.976 bits per heavy atom. The van der Waals surface area contributed by atoms with Crippen molar-refractivity contribution in [3.8, 4) is 5.69 Å². The lowest BCUT2D eigenvalue weighted by Gasteiger charge is -2.26. The second-order valence-electron chi connectivity index (χ2n) is 10.9. The number of hydrogen-bond donors (Lipinski definition) is 1. The number of thioether (sulfide) groups is 1. The number of rotatable bonds is 8. The maximum absolute atomic E-state index is 13.4. The van der Waals surface area contributed by atoms with Crippen molar-refractivity contribution in [2.45, 2.75) is 29.1 Å². The fourth-order valence-electron chi connectivity index (χ4n) is 5.79. The fourth-order valence-corrected chi connectivity index (χ4v) is 8.55. The van der Waals surface area contributed by atoms with Crippen molar-refractivity contribution in [2.75, 3.05) is 57.1 Å². The van der Waals surface area contributed by atoms with Crippen LogP contribution >= 0.6 is 11.8 Å². The molecule has 0 spiro atoms. The van der Waals surface area contributed by atoms with Crippen LogP contribution in [0.2, 0.25) is 0 Å². The van der Waals surface area contributed by atoms with Crippen molar-refractivity contribution in [2.24, 2.45) is 0 Å². The second kappa shape index (κ2) is 12.1. The molecule has 6 rings (SSSR count). The average Bonchev–Trinajstić information content (AvgIpc) is 3.34. The first-order valence-electron chi connectivity index (χ1n) is 14.5. The van der Waals surface area contributed by atoms with E-state index in [1.54, 1.807) is 22.1 Å². The summed E-state index contributed by atoms with van der Waals surface area (Å²) in [4.78, 5) is 5.80. The summed E-state index contributed by atoms with van der Waals surface area (Å²) < 4.78 is 30.7. The molecule has 4 aromatic rings. The Hall–Kier alpha value is -3.37. The van der Waals surface area contributed by atoms with E-state index in [-0.39, 0.29) is 0 Å². The number of aromatic nitrogens is 1. The van der Waals surface area contributed by atoms with Crippen molar-refractivity contribution in [1.82, 2.24) is 9.62 Å². The summed E-state index contributed by atoms with van der Waals surface area (Å²) in [5, 5.41) is 5.48. The zero-order valence-electron chi connectivity index (χ0n) is 24.5. The standard InChI is InChI=1S/C33H38N5O2S2/c1-34-18-21-35(2)32-22-25(28-14-8-9-15-29(28)38(32)26-12-6-4-7-13-26)23-33-36(3)30-17-16-27(24-31(30)41-33)42(39,40)37-19-10-5-11-20-37/h4,6-9,12-17,22-24,34H,5,10-11,18-21H2,1-3H3/q+1. The van der Waals surface area contributed by atoms with Gasteiger partial charge in [-0.25, -0.2) is 8.42 Å². The van der Waals surface area contributed by atoms with Crippen LogP contribution in [0.25, 0.3) is 22.7 Å². The van der Waals surface area contributed by atoms with Gasteiger partial charge in [0.15, 0.2) is 0 Å². The maximum Gasteiger partial charge on any atom is 0.282 e. The minimum Gasteiger partial charge on any atom is -0.338 e. The molecular weight excluding hydrogens is 563 g/mol. The number of nitrogens with one attached hydrogen (secondary N) is 1. The monoisotopic (exact) mass is 600 g/mol. The van der Waals surface area contributed by atoms with Gasteiger partial charge in [-0.05, 0) is 67.9 Å². The maximum atomic E-state index is 13.4. The van der Waals surface area contributed by atoms with Gasteiger partial charge in [0.05, 0.1) is 29.2 Å². The first kappa shape index (κ1) is 28.7. The van der Waals surface area contributed by atoms with Crippen molar-refractivity contribution in [3.63, 3.8) is 0 Å². The van der Waals surface area contributed by atoms with Gasteiger partial charge in [-0.15, -0.1) is 0 Å². The Morgan fingerprint density at radius 3 is 2.48 bits per heavy atom. The average molecular weight is 601 g/mol. The van der Waals surface area contributed by atoms with Gasteiger partial charge >= 0.3 is 0 Å². The Morgan fingerprint density at radius 2 is 1.71 bits per heavy atom. The largest absolute Gasteiger partial charge is 0.338 e. The van der Waals surface area contributed by atoms with Crippen LogP contribution in [0.1, 0.15) is 24.8 Å².